The largest absolute Gasteiger partial charge is 0.480 e. The molecule has 9 nitrogen and oxygen atoms in total. The van der Waals surface area contributed by atoms with E-state index >= 15 is 4.39 Å². The van der Waals surface area contributed by atoms with E-state index in [1.54, 1.807) is 18.3 Å². The Balaban J connectivity index is 1.47. The van der Waals surface area contributed by atoms with E-state index < -0.39 is 26.6 Å². The Bertz CT molecular complexity index is 1770. The number of rotatable bonds is 9. The van der Waals surface area contributed by atoms with Crippen molar-refractivity contribution in [2.45, 2.75) is 11.8 Å². The third-order valence-electron chi connectivity index (χ3n) is 6.96. The quantitative estimate of drug-likeness (QED) is 0.280. The number of allylic oxidation sites excluding steroid dienone is 1. The van der Waals surface area contributed by atoms with Crippen LogP contribution < -0.4 is 14.4 Å². The van der Waals surface area contributed by atoms with E-state index in [9.17, 15) is 17.6 Å². The van der Waals surface area contributed by atoms with Crippen LogP contribution in [-0.2, 0) is 14.8 Å². The second-order valence-corrected chi connectivity index (χ2v) is 11.4. The van der Waals surface area contributed by atoms with E-state index in [4.69, 9.17) is 4.74 Å². The Labute approximate surface area is 242 Å². The molecule has 0 radical (unpaired) electrons. The average Bonchev–Trinajstić information content (AvgIpc) is 2.96. The first-order chi connectivity index (χ1) is 20.2. The molecule has 42 heavy (non-hydrogen) atoms. The van der Waals surface area contributed by atoms with Crippen molar-refractivity contribution in [2.24, 2.45) is 0 Å². The standard InChI is InChI=1S/C30H29F2N5O4S/c1-20(38)6-5-11-36-12-14-37(15-13-36)28-9-10-33-26-18-25(32)22(17-23(26)28)21-16-27(30(41-2)34-19-21)35-42(39,40)29-8-4-3-7-24(29)31/h3-10,16-19,35H,11-15H2,1-2H3/b6-5+. The number of carbonyl (C=O) groups excluding carboxylic acids is 1. The number of benzene rings is 2. The number of nitrogens with one attached hydrogen (secondary N) is 1. The van der Waals surface area contributed by atoms with Crippen LogP contribution in [0, 0.1) is 11.6 Å². The van der Waals surface area contributed by atoms with Crippen LogP contribution in [0.1, 0.15) is 6.92 Å². The van der Waals surface area contributed by atoms with Crippen LogP contribution in [0.4, 0.5) is 20.2 Å². The molecule has 218 valence electrons. The molecule has 0 atom stereocenters. The highest BCUT2D eigenvalue weighted by atomic mass is 32.2. The van der Waals surface area contributed by atoms with Gasteiger partial charge in [0.25, 0.3) is 10.0 Å². The monoisotopic (exact) mass is 593 g/mol. The Hall–Kier alpha value is -4.42. The van der Waals surface area contributed by atoms with Gasteiger partial charge in [-0.2, -0.15) is 0 Å². The SMILES string of the molecule is COc1ncc(-c2cc3c(N4CCN(C/C=C/C(C)=O)CC4)ccnc3cc2F)cc1NS(=O)(=O)c1ccccc1F. The number of pyridine rings is 2. The molecule has 0 spiro atoms. The molecule has 0 unspecified atom stereocenters. The van der Waals surface area contributed by atoms with Gasteiger partial charge in [0.1, 0.15) is 22.2 Å². The van der Waals surface area contributed by atoms with Crippen molar-refractivity contribution in [1.82, 2.24) is 14.9 Å². The molecule has 0 bridgehead atoms. The first kappa shape index (κ1) is 29.1. The topological polar surface area (TPSA) is 105 Å². The van der Waals surface area contributed by atoms with E-state index in [0.717, 1.165) is 49.4 Å². The van der Waals surface area contributed by atoms with Crippen LogP contribution in [0.2, 0.25) is 0 Å². The molecule has 0 saturated carbocycles. The minimum absolute atomic E-state index is 0.0154. The average molecular weight is 594 g/mol. The van der Waals surface area contributed by atoms with E-state index in [2.05, 4.69) is 24.5 Å². The summed E-state index contributed by atoms with van der Waals surface area (Å²) in [4.78, 5) is 23.6. The summed E-state index contributed by atoms with van der Waals surface area (Å²) in [7, 11) is -3.02. The molecule has 2 aromatic heterocycles. The molecule has 0 aliphatic carbocycles. The summed E-state index contributed by atoms with van der Waals surface area (Å²) in [5, 5.41) is 0.725. The minimum atomic E-state index is -4.34. The highest BCUT2D eigenvalue weighted by Gasteiger charge is 2.23. The number of ether oxygens (including phenoxy) is 1. The normalized spacial score (nSPS) is 14.4. The number of sulfonamides is 1. The predicted molar refractivity (Wildman–Crippen MR) is 157 cm³/mol. The number of piperazine rings is 1. The molecule has 2 aromatic carbocycles. The van der Waals surface area contributed by atoms with Gasteiger partial charge in [-0.3, -0.25) is 19.4 Å². The van der Waals surface area contributed by atoms with Gasteiger partial charge >= 0.3 is 0 Å². The van der Waals surface area contributed by atoms with Gasteiger partial charge in [0.15, 0.2) is 5.78 Å². The van der Waals surface area contributed by atoms with Crippen LogP contribution in [0.15, 0.2) is 78.0 Å². The molecule has 3 heterocycles. The first-order valence-corrected chi connectivity index (χ1v) is 14.7. The smallest absolute Gasteiger partial charge is 0.264 e. The number of carbonyl (C=O) groups is 1. The van der Waals surface area contributed by atoms with Crippen molar-refractivity contribution in [3.8, 4) is 17.0 Å². The summed E-state index contributed by atoms with van der Waals surface area (Å²) in [5.74, 6) is -1.52. The van der Waals surface area contributed by atoms with Crippen LogP contribution in [0.3, 0.4) is 0 Å². The number of ketones is 1. The fraction of sp³-hybridized carbons (Fsp3) is 0.233. The molecular formula is C30H29F2N5O4S. The van der Waals surface area contributed by atoms with Crippen molar-refractivity contribution in [3.63, 3.8) is 0 Å². The molecule has 1 saturated heterocycles. The number of halogens is 2. The van der Waals surface area contributed by atoms with E-state index in [1.165, 1.54) is 44.5 Å². The summed E-state index contributed by atoms with van der Waals surface area (Å²) in [6, 6.07) is 11.3. The van der Waals surface area contributed by atoms with E-state index in [1.807, 2.05) is 12.1 Å². The number of anilines is 2. The maximum atomic E-state index is 15.4. The third-order valence-corrected chi connectivity index (χ3v) is 8.36. The Morgan fingerprint density at radius 1 is 1.05 bits per heavy atom. The van der Waals surface area contributed by atoms with Gasteiger partial charge in [-0.05, 0) is 43.3 Å². The highest BCUT2D eigenvalue weighted by Crippen LogP contribution is 2.35. The lowest BCUT2D eigenvalue weighted by molar-refractivity contribution is -0.112. The molecular weight excluding hydrogens is 564 g/mol. The van der Waals surface area contributed by atoms with E-state index in [-0.39, 0.29) is 22.9 Å². The molecule has 1 fully saturated rings. The van der Waals surface area contributed by atoms with Crippen LogP contribution in [-0.4, -0.2) is 68.9 Å². The molecule has 5 rings (SSSR count). The maximum absolute atomic E-state index is 15.4. The summed E-state index contributed by atoms with van der Waals surface area (Å²) in [5.41, 5.74) is 1.77. The minimum Gasteiger partial charge on any atom is -0.480 e. The second kappa shape index (κ2) is 12.2. The molecule has 12 heteroatoms. The number of aromatic nitrogens is 2. The zero-order valence-corrected chi connectivity index (χ0v) is 23.9. The van der Waals surface area contributed by atoms with Gasteiger partial charge in [-0.1, -0.05) is 18.2 Å². The summed E-state index contributed by atoms with van der Waals surface area (Å²) in [6.07, 6.45) is 6.46. The zero-order chi connectivity index (χ0) is 29.9. The number of nitrogens with zero attached hydrogens (tertiary/aromatic N) is 4. The highest BCUT2D eigenvalue weighted by molar-refractivity contribution is 7.92. The fourth-order valence-corrected chi connectivity index (χ4v) is 6.01. The van der Waals surface area contributed by atoms with Crippen LogP contribution in [0.5, 0.6) is 5.88 Å². The molecule has 4 aromatic rings. The van der Waals surface area contributed by atoms with Gasteiger partial charge in [0, 0.05) is 73.4 Å². The first-order valence-electron chi connectivity index (χ1n) is 13.2. The van der Waals surface area contributed by atoms with Gasteiger partial charge < -0.3 is 9.64 Å². The molecule has 1 aliphatic rings. The number of hydrogen-bond acceptors (Lipinski definition) is 8. The van der Waals surface area contributed by atoms with Gasteiger partial charge in [0.2, 0.25) is 5.88 Å². The zero-order valence-electron chi connectivity index (χ0n) is 23.0. The lowest BCUT2D eigenvalue weighted by Gasteiger charge is -2.36. The molecule has 0 amide bonds. The van der Waals surface area contributed by atoms with Crippen molar-refractivity contribution < 1.29 is 26.7 Å². The summed E-state index contributed by atoms with van der Waals surface area (Å²) >= 11 is 0. The van der Waals surface area contributed by atoms with Crippen LogP contribution in [0.25, 0.3) is 22.0 Å². The van der Waals surface area contributed by atoms with Gasteiger partial charge in [-0.15, -0.1) is 0 Å². The Morgan fingerprint density at radius 3 is 2.52 bits per heavy atom. The number of fused-ring (bicyclic) bond motifs is 1. The maximum Gasteiger partial charge on any atom is 0.264 e. The molecule has 1 aliphatic heterocycles. The third kappa shape index (κ3) is 6.24. The summed E-state index contributed by atoms with van der Waals surface area (Å²) in [6.45, 7) is 5.24. The summed E-state index contributed by atoms with van der Waals surface area (Å²) < 4.78 is 63.2. The Kier molecular flexibility index (Phi) is 8.46. The lowest BCUT2D eigenvalue weighted by atomic mass is 10.0. The van der Waals surface area contributed by atoms with Crippen molar-refractivity contribution in [2.75, 3.05) is 49.5 Å². The number of hydrogen-bond donors (Lipinski definition) is 1. The van der Waals surface area contributed by atoms with Gasteiger partial charge in [0.05, 0.1) is 12.6 Å². The van der Waals surface area contributed by atoms with Crippen molar-refractivity contribution in [1.29, 1.82) is 0 Å². The predicted octanol–water partition coefficient (Wildman–Crippen LogP) is 4.65. The lowest BCUT2D eigenvalue weighted by Crippen LogP contribution is -2.46. The van der Waals surface area contributed by atoms with Crippen molar-refractivity contribution in [3.05, 3.63) is 84.7 Å². The van der Waals surface area contributed by atoms with Crippen LogP contribution >= 0.6 is 0 Å². The second-order valence-electron chi connectivity index (χ2n) is 9.80. The molecule has 1 N–H and O–H groups in total. The fourth-order valence-electron chi connectivity index (χ4n) is 4.89. The van der Waals surface area contributed by atoms with Gasteiger partial charge in [-0.25, -0.2) is 22.2 Å². The number of methoxy groups -OCH3 is 1. The van der Waals surface area contributed by atoms with Crippen molar-refractivity contribution >= 4 is 38.1 Å². The Morgan fingerprint density at radius 2 is 1.81 bits per heavy atom. The van der Waals surface area contributed by atoms with E-state index in [0.29, 0.717) is 17.6 Å².